The maximum Gasteiger partial charge on any atom is 0.408 e. The molecule has 0 bridgehead atoms. The summed E-state index contributed by atoms with van der Waals surface area (Å²) in [5, 5.41) is 10.5. The van der Waals surface area contributed by atoms with Crippen LogP contribution in [0, 0.1) is 0 Å². The number of hydrogen-bond donors (Lipinski definition) is 2. The number of para-hydroxylation sites is 1. The molecule has 174 valence electrons. The summed E-state index contributed by atoms with van der Waals surface area (Å²) in [6.45, 7) is 9.25. The van der Waals surface area contributed by atoms with Crippen LogP contribution in [0.3, 0.4) is 0 Å². The van der Waals surface area contributed by atoms with Gasteiger partial charge >= 0.3 is 6.09 Å². The first-order valence-corrected chi connectivity index (χ1v) is 10.8. The van der Waals surface area contributed by atoms with Crippen molar-refractivity contribution < 1.29 is 14.3 Å². The third kappa shape index (κ3) is 7.17. The van der Waals surface area contributed by atoms with Crippen molar-refractivity contribution >= 4 is 12.0 Å². The van der Waals surface area contributed by atoms with Crippen molar-refractivity contribution in [2.75, 3.05) is 0 Å². The molecule has 0 spiro atoms. The Morgan fingerprint density at radius 2 is 1.67 bits per heavy atom. The van der Waals surface area contributed by atoms with E-state index in [4.69, 9.17) is 9.84 Å². The van der Waals surface area contributed by atoms with Crippen molar-refractivity contribution in [2.24, 2.45) is 0 Å². The predicted molar refractivity (Wildman–Crippen MR) is 127 cm³/mol. The molecular formula is C25H31N5O3. The van der Waals surface area contributed by atoms with E-state index in [-0.39, 0.29) is 12.3 Å². The molecule has 0 atom stereocenters. The first-order chi connectivity index (χ1) is 15.5. The number of nitrogens with one attached hydrogen (secondary N) is 2. The van der Waals surface area contributed by atoms with E-state index in [1.165, 1.54) is 0 Å². The lowest BCUT2D eigenvalue weighted by atomic mass is 10.0. The van der Waals surface area contributed by atoms with E-state index in [0.717, 1.165) is 22.5 Å². The third-order valence-electron chi connectivity index (χ3n) is 4.68. The molecule has 3 rings (SSSR count). The molecule has 8 nitrogen and oxygen atoms in total. The largest absolute Gasteiger partial charge is 0.444 e. The van der Waals surface area contributed by atoms with Gasteiger partial charge in [0.25, 0.3) is 0 Å². The third-order valence-corrected chi connectivity index (χ3v) is 4.68. The number of aromatic nitrogens is 3. The lowest BCUT2D eigenvalue weighted by molar-refractivity contribution is -0.122. The van der Waals surface area contributed by atoms with E-state index in [9.17, 15) is 9.59 Å². The fourth-order valence-corrected chi connectivity index (χ4v) is 3.29. The monoisotopic (exact) mass is 449 g/mol. The fraction of sp³-hybridized carbons (Fsp3) is 0.360. The summed E-state index contributed by atoms with van der Waals surface area (Å²) >= 11 is 0. The zero-order valence-corrected chi connectivity index (χ0v) is 19.8. The number of alkyl carbamates (subject to hydrolysis) is 1. The number of pyridine rings is 1. The summed E-state index contributed by atoms with van der Waals surface area (Å²) in [5.74, 6) is -0.191. The topological polar surface area (TPSA) is 98.1 Å². The van der Waals surface area contributed by atoms with Crippen LogP contribution in [-0.4, -0.2) is 37.9 Å². The van der Waals surface area contributed by atoms with Crippen molar-refractivity contribution in [3.63, 3.8) is 0 Å². The number of nitrogens with zero attached hydrogens (tertiary/aromatic N) is 3. The molecule has 2 amide bonds. The van der Waals surface area contributed by atoms with Gasteiger partial charge in [0.15, 0.2) is 0 Å². The van der Waals surface area contributed by atoms with E-state index in [1.807, 2.05) is 48.7 Å². The minimum Gasteiger partial charge on any atom is -0.444 e. The van der Waals surface area contributed by atoms with Gasteiger partial charge in [-0.2, -0.15) is 5.10 Å². The Balaban J connectivity index is 1.70. The summed E-state index contributed by atoms with van der Waals surface area (Å²) in [4.78, 5) is 28.9. The standard InChI is InChI=1S/C25H31N5O3/c1-24(2,3)33-23(32)28-25(4,5)15-21(31)27-16-19-17-30(20-9-7-6-8-10-20)29-22(19)18-11-13-26-14-12-18/h6-14,17H,15-16H2,1-5H3,(H,27,31)(H,28,32). The second-order valence-corrected chi connectivity index (χ2v) is 9.48. The fourth-order valence-electron chi connectivity index (χ4n) is 3.29. The number of amides is 2. The summed E-state index contributed by atoms with van der Waals surface area (Å²) in [6, 6.07) is 13.6. The lowest BCUT2D eigenvalue weighted by Gasteiger charge is -2.28. The lowest BCUT2D eigenvalue weighted by Crippen LogP contribution is -2.48. The molecule has 2 aromatic heterocycles. The summed E-state index contributed by atoms with van der Waals surface area (Å²) in [5.41, 5.74) is 2.10. The Morgan fingerprint density at radius 3 is 2.30 bits per heavy atom. The van der Waals surface area contributed by atoms with Crippen LogP contribution in [0.5, 0.6) is 0 Å². The van der Waals surface area contributed by atoms with E-state index >= 15 is 0 Å². The molecule has 0 saturated heterocycles. The smallest absolute Gasteiger partial charge is 0.408 e. The van der Waals surface area contributed by atoms with E-state index < -0.39 is 17.2 Å². The molecule has 0 saturated carbocycles. The number of benzene rings is 1. The molecule has 0 radical (unpaired) electrons. The average Bonchev–Trinajstić information content (AvgIpc) is 3.15. The molecule has 1 aromatic carbocycles. The van der Waals surface area contributed by atoms with Crippen molar-refractivity contribution in [3.05, 3.63) is 66.6 Å². The van der Waals surface area contributed by atoms with Gasteiger partial charge in [0, 0.05) is 48.2 Å². The normalized spacial score (nSPS) is 11.7. The Labute approximate surface area is 194 Å². The molecule has 0 aliphatic rings. The zero-order valence-electron chi connectivity index (χ0n) is 19.8. The maximum atomic E-state index is 12.7. The first kappa shape index (κ1) is 24.0. The van der Waals surface area contributed by atoms with E-state index in [1.54, 1.807) is 51.7 Å². The highest BCUT2D eigenvalue weighted by Crippen LogP contribution is 2.23. The number of carbonyl (C=O) groups excluding carboxylic acids is 2. The van der Waals surface area contributed by atoms with Crippen molar-refractivity contribution in [1.82, 2.24) is 25.4 Å². The number of hydrogen-bond acceptors (Lipinski definition) is 5. The van der Waals surface area contributed by atoms with Gasteiger partial charge in [-0.1, -0.05) is 18.2 Å². The molecular weight excluding hydrogens is 418 g/mol. The number of ether oxygens (including phenoxy) is 1. The van der Waals surface area contributed by atoms with Crippen LogP contribution in [0.1, 0.15) is 46.6 Å². The van der Waals surface area contributed by atoms with Crippen molar-refractivity contribution in [3.8, 4) is 16.9 Å². The summed E-state index contributed by atoms with van der Waals surface area (Å²) in [6.07, 6.45) is 4.89. The molecule has 0 unspecified atom stereocenters. The summed E-state index contributed by atoms with van der Waals surface area (Å²) in [7, 11) is 0. The van der Waals surface area contributed by atoms with Gasteiger partial charge in [0.1, 0.15) is 5.60 Å². The SMILES string of the molecule is CC(C)(CC(=O)NCc1cn(-c2ccccc2)nc1-c1ccncc1)NC(=O)OC(C)(C)C. The minimum atomic E-state index is -0.769. The van der Waals surface area contributed by atoms with Crippen molar-refractivity contribution in [2.45, 2.75) is 58.7 Å². The highest BCUT2D eigenvalue weighted by atomic mass is 16.6. The Kier molecular flexibility index (Phi) is 7.16. The molecule has 0 aliphatic heterocycles. The Morgan fingerprint density at radius 1 is 1.00 bits per heavy atom. The summed E-state index contributed by atoms with van der Waals surface area (Å²) < 4.78 is 7.09. The van der Waals surface area contributed by atoms with Crippen LogP contribution in [0.25, 0.3) is 16.9 Å². The Bertz CT molecular complexity index is 1090. The second kappa shape index (κ2) is 9.85. The van der Waals surface area contributed by atoms with Crippen LogP contribution < -0.4 is 10.6 Å². The molecule has 3 aromatic rings. The van der Waals surface area contributed by atoms with E-state index in [2.05, 4.69) is 15.6 Å². The molecule has 33 heavy (non-hydrogen) atoms. The van der Waals surface area contributed by atoms with Crippen molar-refractivity contribution in [1.29, 1.82) is 0 Å². The van der Waals surface area contributed by atoms with Crippen LogP contribution in [-0.2, 0) is 16.1 Å². The molecule has 2 heterocycles. The molecule has 8 heteroatoms. The van der Waals surface area contributed by atoms with Gasteiger partial charge < -0.3 is 15.4 Å². The number of carbonyl (C=O) groups is 2. The van der Waals surface area contributed by atoms with Gasteiger partial charge in [-0.15, -0.1) is 0 Å². The molecule has 0 fully saturated rings. The second-order valence-electron chi connectivity index (χ2n) is 9.48. The average molecular weight is 450 g/mol. The quantitative estimate of drug-likeness (QED) is 0.562. The van der Waals surface area contributed by atoms with Gasteiger partial charge in [0.2, 0.25) is 5.91 Å². The van der Waals surface area contributed by atoms with Gasteiger partial charge in [-0.05, 0) is 58.9 Å². The minimum absolute atomic E-state index is 0.101. The predicted octanol–water partition coefficient (Wildman–Crippen LogP) is 4.24. The van der Waals surface area contributed by atoms with Crippen LogP contribution in [0.15, 0.2) is 61.1 Å². The van der Waals surface area contributed by atoms with Gasteiger partial charge in [-0.3, -0.25) is 9.78 Å². The Hall–Kier alpha value is -3.68. The van der Waals surface area contributed by atoms with Gasteiger partial charge in [0.05, 0.1) is 11.4 Å². The zero-order chi connectivity index (χ0) is 24.1. The highest BCUT2D eigenvalue weighted by molar-refractivity contribution is 5.79. The molecule has 0 aliphatic carbocycles. The highest BCUT2D eigenvalue weighted by Gasteiger charge is 2.27. The molecule has 2 N–H and O–H groups in total. The maximum absolute atomic E-state index is 12.7. The van der Waals surface area contributed by atoms with Crippen LogP contribution >= 0.6 is 0 Å². The first-order valence-electron chi connectivity index (χ1n) is 10.8. The number of rotatable bonds is 7. The van der Waals surface area contributed by atoms with Gasteiger partial charge in [-0.25, -0.2) is 9.48 Å². The van der Waals surface area contributed by atoms with Crippen LogP contribution in [0.4, 0.5) is 4.79 Å². The van der Waals surface area contributed by atoms with E-state index in [0.29, 0.717) is 6.54 Å². The van der Waals surface area contributed by atoms with Crippen LogP contribution in [0.2, 0.25) is 0 Å².